The Hall–Kier alpha value is -2.05. The fourth-order valence-corrected chi connectivity index (χ4v) is 3.45. The van der Waals surface area contributed by atoms with Gasteiger partial charge in [-0.3, -0.25) is 0 Å². The van der Waals surface area contributed by atoms with E-state index in [9.17, 15) is 0 Å². The number of methoxy groups -OCH3 is 1. The van der Waals surface area contributed by atoms with Gasteiger partial charge in [0.1, 0.15) is 11.6 Å². The van der Waals surface area contributed by atoms with E-state index < -0.39 is 0 Å². The van der Waals surface area contributed by atoms with E-state index in [4.69, 9.17) is 21.7 Å². The standard InChI is InChI=1S/C21H24N2O2S2/c1-13(21(26)24-3)11-15-5-7-16(8-6-15)25-14(2)20-22-18-10-9-17(27-4)12-19(18)23-20/h5-10,12-14H,11H2,1-4H3,(H,22,23). The molecule has 2 atom stereocenters. The lowest BCUT2D eigenvalue weighted by Gasteiger charge is -2.14. The molecule has 0 bridgehead atoms. The predicted octanol–water partition coefficient (Wildman–Crippen LogP) is 5.58. The molecule has 4 nitrogen and oxygen atoms in total. The van der Waals surface area contributed by atoms with Crippen molar-refractivity contribution in [1.29, 1.82) is 0 Å². The first-order valence-corrected chi connectivity index (χ1v) is 10.5. The van der Waals surface area contributed by atoms with E-state index in [-0.39, 0.29) is 12.0 Å². The summed E-state index contributed by atoms with van der Waals surface area (Å²) in [4.78, 5) is 9.23. The molecule has 0 aliphatic carbocycles. The summed E-state index contributed by atoms with van der Waals surface area (Å²) in [5.74, 6) is 1.85. The number of thioether (sulfide) groups is 1. The highest BCUT2D eigenvalue weighted by atomic mass is 32.2. The van der Waals surface area contributed by atoms with Crippen LogP contribution >= 0.6 is 24.0 Å². The summed E-state index contributed by atoms with van der Waals surface area (Å²) in [7, 11) is 1.62. The Morgan fingerprint density at radius 3 is 2.59 bits per heavy atom. The van der Waals surface area contributed by atoms with E-state index in [0.717, 1.165) is 29.0 Å². The summed E-state index contributed by atoms with van der Waals surface area (Å²) in [5.41, 5.74) is 3.19. The van der Waals surface area contributed by atoms with Gasteiger partial charge in [0.05, 0.1) is 18.1 Å². The molecule has 0 radical (unpaired) electrons. The molecule has 2 aromatic carbocycles. The van der Waals surface area contributed by atoms with Crippen molar-refractivity contribution in [2.45, 2.75) is 31.3 Å². The van der Waals surface area contributed by atoms with Crippen molar-refractivity contribution in [2.24, 2.45) is 5.92 Å². The number of aromatic amines is 1. The smallest absolute Gasteiger partial charge is 0.162 e. The molecule has 0 amide bonds. The fraction of sp³-hybridized carbons (Fsp3) is 0.333. The number of aromatic nitrogens is 2. The average Bonchev–Trinajstić information content (AvgIpc) is 3.12. The molecule has 0 saturated heterocycles. The monoisotopic (exact) mass is 400 g/mol. The van der Waals surface area contributed by atoms with Crippen LogP contribution in [0.5, 0.6) is 5.75 Å². The Balaban J connectivity index is 1.67. The number of ether oxygens (including phenoxy) is 2. The molecule has 142 valence electrons. The van der Waals surface area contributed by atoms with Crippen LogP contribution in [0.25, 0.3) is 11.0 Å². The summed E-state index contributed by atoms with van der Waals surface area (Å²) in [6.45, 7) is 4.07. The normalized spacial score (nSPS) is 13.3. The lowest BCUT2D eigenvalue weighted by Crippen LogP contribution is -2.13. The van der Waals surface area contributed by atoms with Gasteiger partial charge in [-0.1, -0.05) is 19.1 Å². The van der Waals surface area contributed by atoms with Gasteiger partial charge < -0.3 is 14.5 Å². The minimum Gasteiger partial charge on any atom is -0.490 e. The third-order valence-corrected chi connectivity index (χ3v) is 5.77. The summed E-state index contributed by atoms with van der Waals surface area (Å²) in [5, 5.41) is 0.637. The number of nitrogens with zero attached hydrogens (tertiary/aromatic N) is 1. The van der Waals surface area contributed by atoms with Gasteiger partial charge in [0, 0.05) is 10.8 Å². The zero-order chi connectivity index (χ0) is 19.4. The Morgan fingerprint density at radius 2 is 1.93 bits per heavy atom. The molecule has 0 spiro atoms. The van der Waals surface area contributed by atoms with Gasteiger partial charge in [-0.25, -0.2) is 4.98 Å². The van der Waals surface area contributed by atoms with Crippen molar-refractivity contribution in [1.82, 2.24) is 9.97 Å². The Bertz CT molecular complexity index is 922. The minimum atomic E-state index is -0.166. The van der Waals surface area contributed by atoms with Crippen molar-refractivity contribution in [3.63, 3.8) is 0 Å². The van der Waals surface area contributed by atoms with E-state index >= 15 is 0 Å². The molecule has 1 aromatic heterocycles. The van der Waals surface area contributed by atoms with Crippen LogP contribution in [0.1, 0.15) is 31.3 Å². The summed E-state index contributed by atoms with van der Waals surface area (Å²) < 4.78 is 11.2. The van der Waals surface area contributed by atoms with E-state index in [1.54, 1.807) is 18.9 Å². The van der Waals surface area contributed by atoms with Gasteiger partial charge in [-0.05, 0) is 67.7 Å². The Kier molecular flexibility index (Phi) is 6.39. The molecule has 0 aliphatic heterocycles. The largest absolute Gasteiger partial charge is 0.490 e. The highest BCUT2D eigenvalue weighted by molar-refractivity contribution is 7.98. The molecule has 0 aliphatic rings. The van der Waals surface area contributed by atoms with Gasteiger partial charge in [0.2, 0.25) is 0 Å². The molecule has 0 saturated carbocycles. The maximum Gasteiger partial charge on any atom is 0.162 e. The average molecular weight is 401 g/mol. The van der Waals surface area contributed by atoms with Crippen LogP contribution in [0, 0.1) is 5.92 Å². The number of benzene rings is 2. The van der Waals surface area contributed by atoms with Gasteiger partial charge in [-0.15, -0.1) is 11.8 Å². The maximum absolute atomic E-state index is 6.07. The molecule has 6 heteroatoms. The van der Waals surface area contributed by atoms with Crippen molar-refractivity contribution in [3.8, 4) is 5.75 Å². The summed E-state index contributed by atoms with van der Waals surface area (Å²) >= 11 is 6.92. The van der Waals surface area contributed by atoms with Crippen molar-refractivity contribution in [3.05, 3.63) is 53.9 Å². The molecule has 1 N–H and O–H groups in total. The van der Waals surface area contributed by atoms with Gasteiger partial charge in [0.25, 0.3) is 0 Å². The molecule has 2 unspecified atom stereocenters. The van der Waals surface area contributed by atoms with Crippen LogP contribution in [0.3, 0.4) is 0 Å². The number of rotatable bonds is 7. The molecule has 3 rings (SSSR count). The third kappa shape index (κ3) is 4.82. The number of H-pyrrole nitrogens is 1. The first-order chi connectivity index (χ1) is 13.0. The molecule has 1 heterocycles. The second kappa shape index (κ2) is 8.76. The molecule has 0 fully saturated rings. The third-order valence-electron chi connectivity index (χ3n) is 4.47. The van der Waals surface area contributed by atoms with Crippen molar-refractivity contribution in [2.75, 3.05) is 13.4 Å². The quantitative estimate of drug-likeness (QED) is 0.414. The highest BCUT2D eigenvalue weighted by Crippen LogP contribution is 2.25. The van der Waals surface area contributed by atoms with Crippen molar-refractivity contribution >= 4 is 40.1 Å². The number of fused-ring (bicyclic) bond motifs is 1. The van der Waals surface area contributed by atoms with Crippen LogP contribution in [-0.2, 0) is 11.2 Å². The van der Waals surface area contributed by atoms with Crippen molar-refractivity contribution < 1.29 is 9.47 Å². The van der Waals surface area contributed by atoms with Crippen LogP contribution < -0.4 is 4.74 Å². The number of nitrogens with one attached hydrogen (secondary N) is 1. The second-order valence-electron chi connectivity index (χ2n) is 6.54. The Morgan fingerprint density at radius 1 is 1.19 bits per heavy atom. The van der Waals surface area contributed by atoms with E-state index in [2.05, 4.69) is 47.4 Å². The zero-order valence-corrected chi connectivity index (χ0v) is 17.6. The number of hydrogen-bond acceptors (Lipinski definition) is 5. The Labute approximate surface area is 169 Å². The van der Waals surface area contributed by atoms with Crippen LogP contribution in [0.4, 0.5) is 0 Å². The second-order valence-corrected chi connectivity index (χ2v) is 7.82. The highest BCUT2D eigenvalue weighted by Gasteiger charge is 2.14. The molecule has 27 heavy (non-hydrogen) atoms. The number of thiocarbonyl (C=S) groups is 1. The van der Waals surface area contributed by atoms with Crippen LogP contribution in [0.2, 0.25) is 0 Å². The zero-order valence-electron chi connectivity index (χ0n) is 16.0. The lowest BCUT2D eigenvalue weighted by atomic mass is 10.0. The van der Waals surface area contributed by atoms with Crippen LogP contribution in [-0.4, -0.2) is 28.4 Å². The van der Waals surface area contributed by atoms with Crippen LogP contribution in [0.15, 0.2) is 47.4 Å². The molecular formula is C21H24N2O2S2. The summed E-state index contributed by atoms with van der Waals surface area (Å²) in [6, 6.07) is 14.3. The predicted molar refractivity (Wildman–Crippen MR) is 116 cm³/mol. The number of hydrogen-bond donors (Lipinski definition) is 1. The molecule has 3 aromatic rings. The maximum atomic E-state index is 6.07. The first-order valence-electron chi connectivity index (χ1n) is 8.87. The van der Waals surface area contributed by atoms with E-state index in [1.165, 1.54) is 10.5 Å². The van der Waals surface area contributed by atoms with Gasteiger partial charge >= 0.3 is 0 Å². The minimum absolute atomic E-state index is 0.166. The molecular weight excluding hydrogens is 376 g/mol. The van der Waals surface area contributed by atoms with Gasteiger partial charge in [0.15, 0.2) is 11.2 Å². The first kappa shape index (κ1) is 19.7. The fourth-order valence-electron chi connectivity index (χ4n) is 2.93. The van der Waals surface area contributed by atoms with E-state index in [1.807, 2.05) is 25.1 Å². The summed E-state index contributed by atoms with van der Waals surface area (Å²) in [6.07, 6.45) is 2.75. The topological polar surface area (TPSA) is 47.1 Å². The van der Waals surface area contributed by atoms with E-state index in [0.29, 0.717) is 5.05 Å². The lowest BCUT2D eigenvalue weighted by molar-refractivity contribution is 0.218. The van der Waals surface area contributed by atoms with Gasteiger partial charge in [-0.2, -0.15) is 0 Å². The number of imidazole rings is 1. The SMILES string of the molecule is COC(=S)C(C)Cc1ccc(OC(C)c2nc3ccc(SC)cc3[nH]2)cc1.